The van der Waals surface area contributed by atoms with Gasteiger partial charge in [-0.25, -0.2) is 8.42 Å². The normalized spacial score (nSPS) is 18.4. The van der Waals surface area contributed by atoms with E-state index in [9.17, 15) is 13.2 Å². The molecule has 0 saturated carbocycles. The lowest BCUT2D eigenvalue weighted by molar-refractivity contribution is -0.118. The summed E-state index contributed by atoms with van der Waals surface area (Å²) in [4.78, 5) is 15.4. The summed E-state index contributed by atoms with van der Waals surface area (Å²) in [7, 11) is -3.20. The van der Waals surface area contributed by atoms with Gasteiger partial charge in [0.15, 0.2) is 9.84 Å². The van der Waals surface area contributed by atoms with E-state index in [1.807, 2.05) is 26.0 Å². The number of sulfone groups is 1. The van der Waals surface area contributed by atoms with Crippen molar-refractivity contribution >= 4 is 44.8 Å². The summed E-state index contributed by atoms with van der Waals surface area (Å²) in [6.07, 6.45) is 0.876. The molecule has 0 fully saturated rings. The Labute approximate surface area is 153 Å². The first kappa shape index (κ1) is 19.6. The van der Waals surface area contributed by atoms with E-state index in [1.54, 1.807) is 22.7 Å². The molecule has 1 aromatic rings. The molecule has 134 valence electrons. The van der Waals surface area contributed by atoms with Gasteiger partial charge in [-0.2, -0.15) is 0 Å². The van der Waals surface area contributed by atoms with E-state index in [2.05, 4.69) is 6.92 Å². The summed E-state index contributed by atoms with van der Waals surface area (Å²) in [5.41, 5.74) is 0.795. The second-order valence-electron chi connectivity index (χ2n) is 6.63. The molecule has 24 heavy (non-hydrogen) atoms. The molecule has 1 atom stereocenters. The zero-order valence-electron chi connectivity index (χ0n) is 14.3. The van der Waals surface area contributed by atoms with Crippen molar-refractivity contribution in [3.8, 4) is 0 Å². The Morgan fingerprint density at radius 2 is 2.12 bits per heavy atom. The number of benzene rings is 1. The predicted molar refractivity (Wildman–Crippen MR) is 102 cm³/mol. The molecule has 0 N–H and O–H groups in total. The third kappa shape index (κ3) is 5.39. The van der Waals surface area contributed by atoms with E-state index in [4.69, 9.17) is 11.6 Å². The highest BCUT2D eigenvalue weighted by Gasteiger charge is 2.26. The van der Waals surface area contributed by atoms with Gasteiger partial charge in [-0.05, 0) is 30.5 Å². The van der Waals surface area contributed by atoms with Crippen LogP contribution in [0.5, 0.6) is 0 Å². The minimum absolute atomic E-state index is 0.0139. The van der Waals surface area contributed by atoms with Crippen LogP contribution in [0.4, 0.5) is 5.69 Å². The molecule has 0 saturated heterocycles. The van der Waals surface area contributed by atoms with Crippen LogP contribution in [0, 0.1) is 5.92 Å². The van der Waals surface area contributed by atoms with Crippen LogP contribution < -0.4 is 4.90 Å². The fourth-order valence-corrected chi connectivity index (χ4v) is 5.66. The highest BCUT2D eigenvalue weighted by Crippen LogP contribution is 2.39. The van der Waals surface area contributed by atoms with Crippen molar-refractivity contribution < 1.29 is 13.2 Å². The summed E-state index contributed by atoms with van der Waals surface area (Å²) in [5.74, 6) is -0.0603. The highest BCUT2D eigenvalue weighted by atomic mass is 35.5. The lowest BCUT2D eigenvalue weighted by Gasteiger charge is -2.23. The van der Waals surface area contributed by atoms with Crippen LogP contribution in [0.2, 0.25) is 5.02 Å². The van der Waals surface area contributed by atoms with Gasteiger partial charge in [0.2, 0.25) is 5.91 Å². The third-order valence-electron chi connectivity index (χ3n) is 3.81. The van der Waals surface area contributed by atoms with Crippen LogP contribution >= 0.6 is 23.4 Å². The molecular formula is C17H24ClNO3S2. The summed E-state index contributed by atoms with van der Waals surface area (Å²) < 4.78 is 24.1. The number of hydrogen-bond acceptors (Lipinski definition) is 4. The molecule has 1 unspecified atom stereocenters. The fourth-order valence-electron chi connectivity index (χ4n) is 2.74. The van der Waals surface area contributed by atoms with Crippen LogP contribution in [0.3, 0.4) is 0 Å². The Bertz CT molecular complexity index is 704. The van der Waals surface area contributed by atoms with Crippen LogP contribution in [0.15, 0.2) is 23.1 Å². The van der Waals surface area contributed by atoms with Gasteiger partial charge in [-0.3, -0.25) is 4.79 Å². The van der Waals surface area contributed by atoms with Crippen molar-refractivity contribution in [2.24, 2.45) is 5.92 Å². The first-order valence-corrected chi connectivity index (χ1v) is 11.2. The summed E-state index contributed by atoms with van der Waals surface area (Å²) in [5, 5.41) is 0.974. The van der Waals surface area contributed by atoms with E-state index in [1.165, 1.54) is 0 Å². The first-order chi connectivity index (χ1) is 11.2. The minimum Gasteiger partial charge on any atom is -0.311 e. The summed E-state index contributed by atoms with van der Waals surface area (Å²) in [6, 6.07) is 5.55. The number of rotatable bonds is 5. The Kier molecular flexibility index (Phi) is 6.62. The molecule has 4 nitrogen and oxygen atoms in total. The van der Waals surface area contributed by atoms with Crippen molar-refractivity contribution in [3.63, 3.8) is 0 Å². The molecule has 0 bridgehead atoms. The van der Waals surface area contributed by atoms with Crippen LogP contribution in [0.25, 0.3) is 0 Å². The maximum absolute atomic E-state index is 12.7. The van der Waals surface area contributed by atoms with Crippen LogP contribution in [-0.4, -0.2) is 37.6 Å². The Morgan fingerprint density at radius 1 is 1.42 bits per heavy atom. The van der Waals surface area contributed by atoms with E-state index < -0.39 is 9.84 Å². The van der Waals surface area contributed by atoms with Crippen LogP contribution in [-0.2, 0) is 14.6 Å². The average molecular weight is 390 g/mol. The molecule has 1 aromatic carbocycles. The smallest absolute Gasteiger partial charge is 0.228 e. The Morgan fingerprint density at radius 3 is 2.79 bits per heavy atom. The lowest BCUT2D eigenvalue weighted by Crippen LogP contribution is -2.33. The molecule has 0 aliphatic carbocycles. The second-order valence-corrected chi connectivity index (χ2v) is 10.8. The number of carbonyl (C=O) groups excluding carboxylic acids is 1. The van der Waals surface area contributed by atoms with Crippen molar-refractivity contribution in [1.29, 1.82) is 0 Å². The van der Waals surface area contributed by atoms with Crippen molar-refractivity contribution in [2.45, 2.75) is 43.8 Å². The van der Waals surface area contributed by atoms with E-state index in [0.29, 0.717) is 16.8 Å². The monoisotopic (exact) mass is 389 g/mol. The number of carbonyl (C=O) groups is 1. The van der Waals surface area contributed by atoms with Gasteiger partial charge in [0.05, 0.1) is 17.2 Å². The second kappa shape index (κ2) is 8.11. The Balaban J connectivity index is 2.16. The number of halogens is 1. The molecular weight excluding hydrogens is 366 g/mol. The molecule has 0 radical (unpaired) electrons. The number of nitrogens with zero attached hydrogens (tertiary/aromatic N) is 1. The molecule has 1 aliphatic rings. The van der Waals surface area contributed by atoms with E-state index >= 15 is 0 Å². The standard InChI is InChI=1S/C17H24ClNO3S2/c1-12(2)11-24(21,22)9-7-17(20)19-8-6-13(3)23-16-5-4-14(18)10-15(16)19/h4-5,10,12-13H,6-9,11H2,1-3H3. The fraction of sp³-hybridized carbons (Fsp3) is 0.588. The summed E-state index contributed by atoms with van der Waals surface area (Å²) in [6.45, 7) is 6.45. The van der Waals surface area contributed by atoms with Crippen molar-refractivity contribution in [1.82, 2.24) is 0 Å². The quantitative estimate of drug-likeness (QED) is 0.763. The largest absolute Gasteiger partial charge is 0.311 e. The van der Waals surface area contributed by atoms with Gasteiger partial charge in [-0.1, -0.05) is 32.4 Å². The molecule has 0 spiro atoms. The van der Waals surface area contributed by atoms with Crippen molar-refractivity contribution in [3.05, 3.63) is 23.2 Å². The minimum atomic E-state index is -3.20. The molecule has 1 heterocycles. The number of amides is 1. The van der Waals surface area contributed by atoms with Gasteiger partial charge in [0.1, 0.15) is 0 Å². The van der Waals surface area contributed by atoms with E-state index in [-0.39, 0.29) is 29.8 Å². The molecule has 1 aliphatic heterocycles. The molecule has 7 heteroatoms. The Hall–Kier alpha value is -0.720. The van der Waals surface area contributed by atoms with Crippen LogP contribution in [0.1, 0.15) is 33.6 Å². The zero-order chi connectivity index (χ0) is 17.9. The number of fused-ring (bicyclic) bond motifs is 1. The van der Waals surface area contributed by atoms with Crippen molar-refractivity contribution in [2.75, 3.05) is 23.0 Å². The molecule has 1 amide bonds. The SMILES string of the molecule is CC(C)CS(=O)(=O)CCC(=O)N1CCC(C)Sc2ccc(Cl)cc21. The lowest BCUT2D eigenvalue weighted by atomic mass is 10.2. The van der Waals surface area contributed by atoms with E-state index in [0.717, 1.165) is 17.0 Å². The average Bonchev–Trinajstić information content (AvgIpc) is 2.62. The maximum Gasteiger partial charge on any atom is 0.228 e. The number of anilines is 1. The molecule has 0 aromatic heterocycles. The van der Waals surface area contributed by atoms with Gasteiger partial charge >= 0.3 is 0 Å². The summed E-state index contributed by atoms with van der Waals surface area (Å²) >= 11 is 7.82. The number of hydrogen-bond donors (Lipinski definition) is 0. The predicted octanol–water partition coefficient (Wildman–Crippen LogP) is 4.02. The topological polar surface area (TPSA) is 54.5 Å². The third-order valence-corrected chi connectivity index (χ3v) is 7.29. The molecule has 2 rings (SSSR count). The van der Waals surface area contributed by atoms with Gasteiger partial charge < -0.3 is 4.90 Å². The highest BCUT2D eigenvalue weighted by molar-refractivity contribution is 8.00. The van der Waals surface area contributed by atoms with Gasteiger partial charge in [0, 0.05) is 28.1 Å². The van der Waals surface area contributed by atoms with Gasteiger partial charge in [-0.15, -0.1) is 11.8 Å². The zero-order valence-corrected chi connectivity index (χ0v) is 16.7. The maximum atomic E-state index is 12.7. The number of thioether (sulfide) groups is 1. The van der Waals surface area contributed by atoms with Gasteiger partial charge in [0.25, 0.3) is 0 Å². The first-order valence-electron chi connectivity index (χ1n) is 8.15.